The maximum Gasteiger partial charge on any atom is 0.318 e. The Morgan fingerprint density at radius 1 is 1.36 bits per heavy atom. The molecule has 1 saturated heterocycles. The van der Waals surface area contributed by atoms with Gasteiger partial charge < -0.3 is 19.5 Å². The molecule has 2 aromatic rings. The first-order valence-electron chi connectivity index (χ1n) is 8.83. The van der Waals surface area contributed by atoms with E-state index in [0.29, 0.717) is 6.61 Å². The van der Waals surface area contributed by atoms with Crippen LogP contribution in [0.3, 0.4) is 0 Å². The van der Waals surface area contributed by atoms with E-state index in [1.54, 1.807) is 0 Å². The molecule has 2 aliphatic heterocycles. The Morgan fingerprint density at radius 3 is 3.04 bits per heavy atom. The second-order valence-corrected chi connectivity index (χ2v) is 6.95. The molecule has 1 fully saturated rings. The molecule has 4 rings (SSSR count). The Labute approximate surface area is 147 Å². The van der Waals surface area contributed by atoms with Crippen LogP contribution in [0.2, 0.25) is 0 Å². The highest BCUT2D eigenvalue weighted by atomic mass is 16.5. The molecule has 0 saturated carbocycles. The zero-order chi connectivity index (χ0) is 17.4. The summed E-state index contributed by atoms with van der Waals surface area (Å²) in [6.45, 7) is 5.18. The van der Waals surface area contributed by atoms with Crippen LogP contribution in [0.5, 0.6) is 5.75 Å². The van der Waals surface area contributed by atoms with Gasteiger partial charge in [0.2, 0.25) is 0 Å². The summed E-state index contributed by atoms with van der Waals surface area (Å²) in [5.74, 6) is 1.73. The third-order valence-electron chi connectivity index (χ3n) is 5.00. The van der Waals surface area contributed by atoms with E-state index in [2.05, 4.69) is 16.5 Å². The zero-order valence-corrected chi connectivity index (χ0v) is 14.6. The van der Waals surface area contributed by atoms with Gasteiger partial charge in [0, 0.05) is 12.6 Å². The number of ether oxygens (including phenoxy) is 1. The molecule has 6 nitrogen and oxygen atoms in total. The van der Waals surface area contributed by atoms with Crippen LogP contribution < -0.4 is 10.1 Å². The van der Waals surface area contributed by atoms with Gasteiger partial charge in [-0.2, -0.15) is 0 Å². The number of fused-ring (bicyclic) bond motifs is 1. The number of amides is 2. The highest BCUT2D eigenvalue weighted by Gasteiger charge is 2.34. The van der Waals surface area contributed by atoms with Crippen LogP contribution in [0.25, 0.3) is 0 Å². The molecule has 1 aromatic carbocycles. The lowest BCUT2D eigenvalue weighted by Crippen LogP contribution is -2.48. The molecule has 2 aliphatic rings. The van der Waals surface area contributed by atoms with Crippen molar-refractivity contribution in [2.24, 2.45) is 0 Å². The van der Waals surface area contributed by atoms with E-state index < -0.39 is 0 Å². The largest absolute Gasteiger partial charge is 0.491 e. The van der Waals surface area contributed by atoms with Gasteiger partial charge in [-0.25, -0.2) is 4.79 Å². The van der Waals surface area contributed by atoms with Crippen molar-refractivity contribution >= 4 is 6.03 Å². The third-order valence-corrected chi connectivity index (χ3v) is 5.00. The van der Waals surface area contributed by atoms with E-state index in [-0.39, 0.29) is 18.1 Å². The van der Waals surface area contributed by atoms with Crippen LogP contribution >= 0.6 is 0 Å². The molecule has 25 heavy (non-hydrogen) atoms. The van der Waals surface area contributed by atoms with Gasteiger partial charge in [0.1, 0.15) is 12.4 Å². The van der Waals surface area contributed by atoms with Crippen LogP contribution in [0, 0.1) is 13.8 Å². The number of para-hydroxylation sites is 1. The average molecular weight is 341 g/mol. The van der Waals surface area contributed by atoms with Crippen molar-refractivity contribution in [3.05, 3.63) is 46.8 Å². The third kappa shape index (κ3) is 3.08. The SMILES string of the molecule is Cc1cc(C2CCCN2C(=O)NC2COc3c(C)cccc3C2)on1. The van der Waals surface area contributed by atoms with Gasteiger partial charge in [0.05, 0.1) is 17.8 Å². The Kier molecular flexibility index (Phi) is 4.11. The first-order valence-corrected chi connectivity index (χ1v) is 8.83. The molecular weight excluding hydrogens is 318 g/mol. The van der Waals surface area contributed by atoms with Crippen molar-refractivity contribution in [1.82, 2.24) is 15.4 Å². The summed E-state index contributed by atoms with van der Waals surface area (Å²) < 4.78 is 11.3. The van der Waals surface area contributed by atoms with Crippen molar-refractivity contribution in [2.75, 3.05) is 13.2 Å². The molecule has 2 atom stereocenters. The Hall–Kier alpha value is -2.50. The summed E-state index contributed by atoms with van der Waals surface area (Å²) in [4.78, 5) is 14.6. The van der Waals surface area contributed by atoms with Gasteiger partial charge in [-0.3, -0.25) is 0 Å². The number of nitrogens with zero attached hydrogens (tertiary/aromatic N) is 2. The van der Waals surface area contributed by atoms with Gasteiger partial charge in [0.25, 0.3) is 0 Å². The Bertz CT molecular complexity index is 786. The van der Waals surface area contributed by atoms with Gasteiger partial charge in [-0.1, -0.05) is 23.4 Å². The van der Waals surface area contributed by atoms with Gasteiger partial charge in [-0.15, -0.1) is 0 Å². The van der Waals surface area contributed by atoms with Crippen LogP contribution in [0.1, 0.15) is 41.5 Å². The highest BCUT2D eigenvalue weighted by Crippen LogP contribution is 2.33. The highest BCUT2D eigenvalue weighted by molar-refractivity contribution is 5.75. The van der Waals surface area contributed by atoms with E-state index in [4.69, 9.17) is 9.26 Å². The van der Waals surface area contributed by atoms with Crippen molar-refractivity contribution in [3.8, 4) is 5.75 Å². The smallest absolute Gasteiger partial charge is 0.318 e. The summed E-state index contributed by atoms with van der Waals surface area (Å²) in [5.41, 5.74) is 3.14. The first-order chi connectivity index (χ1) is 12.1. The molecule has 1 aromatic heterocycles. The number of nitrogens with one attached hydrogen (secondary N) is 1. The first kappa shape index (κ1) is 16.0. The van der Waals surface area contributed by atoms with Gasteiger partial charge >= 0.3 is 6.03 Å². The van der Waals surface area contributed by atoms with Crippen LogP contribution in [-0.2, 0) is 6.42 Å². The number of benzene rings is 1. The summed E-state index contributed by atoms with van der Waals surface area (Å²) in [7, 11) is 0. The molecule has 1 N–H and O–H groups in total. The lowest BCUT2D eigenvalue weighted by Gasteiger charge is -2.30. The number of aryl methyl sites for hydroxylation is 2. The second-order valence-electron chi connectivity index (χ2n) is 6.95. The molecule has 132 valence electrons. The molecule has 0 bridgehead atoms. The number of likely N-dealkylation sites (tertiary alicyclic amines) is 1. The van der Waals surface area contributed by atoms with Crippen LogP contribution in [0.4, 0.5) is 4.79 Å². The number of urea groups is 1. The van der Waals surface area contributed by atoms with Crippen molar-refractivity contribution < 1.29 is 14.1 Å². The van der Waals surface area contributed by atoms with Crippen LogP contribution in [0.15, 0.2) is 28.8 Å². The molecule has 0 spiro atoms. The standard InChI is InChI=1S/C19H23N3O3/c1-12-5-3-6-14-10-15(11-24-18(12)14)20-19(23)22-8-4-7-16(22)17-9-13(2)21-25-17/h3,5-6,9,15-16H,4,7-8,10-11H2,1-2H3,(H,20,23). The fourth-order valence-electron chi connectivity index (χ4n) is 3.78. The summed E-state index contributed by atoms with van der Waals surface area (Å²) in [5, 5.41) is 7.08. The minimum absolute atomic E-state index is 0.0143. The van der Waals surface area contributed by atoms with Gasteiger partial charge in [0.15, 0.2) is 5.76 Å². The summed E-state index contributed by atoms with van der Waals surface area (Å²) in [6.07, 6.45) is 2.68. The zero-order valence-electron chi connectivity index (χ0n) is 14.6. The van der Waals surface area contributed by atoms with E-state index in [0.717, 1.165) is 54.1 Å². The number of carbonyl (C=O) groups is 1. The fraction of sp³-hybridized carbons (Fsp3) is 0.474. The lowest BCUT2D eigenvalue weighted by atomic mass is 10.00. The van der Waals surface area contributed by atoms with E-state index in [9.17, 15) is 4.79 Å². The molecule has 2 unspecified atom stereocenters. The van der Waals surface area contributed by atoms with E-state index in [1.807, 2.05) is 36.9 Å². The number of rotatable bonds is 2. The van der Waals surface area contributed by atoms with E-state index in [1.165, 1.54) is 0 Å². The number of aromatic nitrogens is 1. The molecule has 0 radical (unpaired) electrons. The maximum absolute atomic E-state index is 12.8. The minimum Gasteiger partial charge on any atom is -0.491 e. The number of carbonyl (C=O) groups excluding carboxylic acids is 1. The average Bonchev–Trinajstić information content (AvgIpc) is 3.23. The predicted octanol–water partition coefficient (Wildman–Crippen LogP) is 3.14. The Balaban J connectivity index is 1.43. The maximum atomic E-state index is 12.8. The molecular formula is C19H23N3O3. The molecule has 0 aliphatic carbocycles. The quantitative estimate of drug-likeness (QED) is 0.911. The van der Waals surface area contributed by atoms with Crippen molar-refractivity contribution in [2.45, 2.75) is 45.2 Å². The molecule has 6 heteroatoms. The van der Waals surface area contributed by atoms with Crippen molar-refractivity contribution in [3.63, 3.8) is 0 Å². The lowest BCUT2D eigenvalue weighted by molar-refractivity contribution is 0.168. The summed E-state index contributed by atoms with van der Waals surface area (Å²) in [6, 6.07) is 7.97. The van der Waals surface area contributed by atoms with Crippen molar-refractivity contribution in [1.29, 1.82) is 0 Å². The topological polar surface area (TPSA) is 67.6 Å². The molecule has 3 heterocycles. The van der Waals surface area contributed by atoms with Gasteiger partial charge in [-0.05, 0) is 44.2 Å². The number of hydrogen-bond donors (Lipinski definition) is 1. The van der Waals surface area contributed by atoms with E-state index >= 15 is 0 Å². The normalized spacial score (nSPS) is 22.4. The number of hydrogen-bond acceptors (Lipinski definition) is 4. The molecule has 2 amide bonds. The van der Waals surface area contributed by atoms with Crippen LogP contribution in [-0.4, -0.2) is 35.3 Å². The monoisotopic (exact) mass is 341 g/mol. The summed E-state index contributed by atoms with van der Waals surface area (Å²) >= 11 is 0. The minimum atomic E-state index is -0.0544. The second kappa shape index (κ2) is 6.43. The fourth-order valence-corrected chi connectivity index (χ4v) is 3.78. The predicted molar refractivity (Wildman–Crippen MR) is 92.6 cm³/mol. The Morgan fingerprint density at radius 2 is 2.24 bits per heavy atom.